The average molecular weight is 819 g/mol. The van der Waals surface area contributed by atoms with Crippen LogP contribution in [0.1, 0.15) is 59.5 Å². The number of nitrogens with zero attached hydrogens (tertiary/aromatic N) is 1. The molecule has 0 bridgehead atoms. The van der Waals surface area contributed by atoms with Crippen LogP contribution < -0.4 is 5.32 Å². The van der Waals surface area contributed by atoms with Crippen molar-refractivity contribution in [2.45, 2.75) is 102 Å². The summed E-state index contributed by atoms with van der Waals surface area (Å²) in [4.78, 5) is 79.3. The molecule has 314 valence electrons. The van der Waals surface area contributed by atoms with Gasteiger partial charge < -0.3 is 48.3 Å². The standard InChI is InChI=1S/C42H46N2O15/c1-23(45)43-33-37(54-20-28-15-9-6-10-16-28)35(31(57-41(33)51)21-52-19-27-13-7-5-8-14-27)59-42-34(44-39(49)29-17-11-12-18-30(29)40(44)50)38(56-26(4)48)36(55-25(3)47)32(58-42)22-53-24(2)46/h5-18,31-38,41-42,51H,19-22H2,1-4H3,(H,43,45)/t31-,32-,33-,34-,35-,36-,37-,38-,41+,42+/m1/s1. The zero-order chi connectivity index (χ0) is 42.2. The van der Waals surface area contributed by atoms with Crippen LogP contribution in [0.2, 0.25) is 0 Å². The van der Waals surface area contributed by atoms with Crippen molar-refractivity contribution in [3.05, 3.63) is 107 Å². The third kappa shape index (κ3) is 10.4. The summed E-state index contributed by atoms with van der Waals surface area (Å²) in [5.74, 6) is -4.58. The summed E-state index contributed by atoms with van der Waals surface area (Å²) in [5.41, 5.74) is 1.62. The van der Waals surface area contributed by atoms with Crippen LogP contribution in [0.3, 0.4) is 0 Å². The number of hydrogen-bond acceptors (Lipinski definition) is 15. The van der Waals surface area contributed by atoms with Gasteiger partial charge in [-0.05, 0) is 23.3 Å². The Labute approximate surface area is 339 Å². The molecule has 3 aliphatic heterocycles. The van der Waals surface area contributed by atoms with Crippen molar-refractivity contribution in [1.29, 1.82) is 0 Å². The number of nitrogens with one attached hydrogen (secondary N) is 1. The first-order valence-electron chi connectivity index (χ1n) is 19.0. The van der Waals surface area contributed by atoms with E-state index in [-0.39, 0.29) is 30.9 Å². The Morgan fingerprint density at radius 3 is 1.76 bits per heavy atom. The summed E-state index contributed by atoms with van der Waals surface area (Å²) in [6.07, 6.45) is -11.8. The Morgan fingerprint density at radius 1 is 0.661 bits per heavy atom. The molecule has 59 heavy (non-hydrogen) atoms. The molecule has 3 aromatic carbocycles. The zero-order valence-electron chi connectivity index (χ0n) is 32.8. The number of benzene rings is 3. The van der Waals surface area contributed by atoms with Crippen molar-refractivity contribution in [2.75, 3.05) is 13.2 Å². The molecule has 2 fully saturated rings. The van der Waals surface area contributed by atoms with Gasteiger partial charge in [0.1, 0.15) is 43.1 Å². The van der Waals surface area contributed by atoms with Crippen molar-refractivity contribution in [3.8, 4) is 0 Å². The van der Waals surface area contributed by atoms with Gasteiger partial charge in [-0.1, -0.05) is 72.8 Å². The van der Waals surface area contributed by atoms with Crippen LogP contribution >= 0.6 is 0 Å². The Morgan fingerprint density at radius 2 is 1.20 bits per heavy atom. The van der Waals surface area contributed by atoms with E-state index in [0.29, 0.717) is 0 Å². The smallest absolute Gasteiger partial charge is 0.303 e. The highest BCUT2D eigenvalue weighted by Crippen LogP contribution is 2.38. The zero-order valence-corrected chi connectivity index (χ0v) is 32.8. The van der Waals surface area contributed by atoms with Gasteiger partial charge in [-0.15, -0.1) is 0 Å². The molecule has 3 aliphatic rings. The quantitative estimate of drug-likeness (QED) is 0.128. The van der Waals surface area contributed by atoms with E-state index >= 15 is 0 Å². The van der Waals surface area contributed by atoms with Gasteiger partial charge in [-0.2, -0.15) is 0 Å². The fourth-order valence-electron chi connectivity index (χ4n) is 7.34. The van der Waals surface area contributed by atoms with E-state index in [2.05, 4.69) is 5.32 Å². The van der Waals surface area contributed by atoms with E-state index in [1.54, 1.807) is 36.4 Å². The minimum Gasteiger partial charge on any atom is -0.463 e. The van der Waals surface area contributed by atoms with Crippen molar-refractivity contribution in [3.63, 3.8) is 0 Å². The maximum Gasteiger partial charge on any atom is 0.303 e. The molecule has 6 rings (SSSR count). The molecule has 10 atom stereocenters. The number of hydrogen-bond donors (Lipinski definition) is 2. The number of aliphatic hydroxyl groups is 1. The summed E-state index contributed by atoms with van der Waals surface area (Å²) < 4.78 is 48.6. The molecular formula is C42H46N2O15. The Balaban J connectivity index is 1.46. The van der Waals surface area contributed by atoms with Gasteiger partial charge in [0.15, 0.2) is 24.8 Å². The SMILES string of the molecule is CC(=O)N[C@@H]1[C@@H](OCc2ccccc2)[C@H](O[C@@H]2O[C@H](COC(C)=O)[C@@H](OC(C)=O)[C@H](OC(C)=O)[C@H]2N2C(=O)c3ccccc3C2=O)[C@@H](COCc2ccccc2)O[C@@H]1O. The van der Waals surface area contributed by atoms with Crippen LogP contribution in [-0.4, -0.2) is 120 Å². The third-order valence-corrected chi connectivity index (χ3v) is 9.80. The van der Waals surface area contributed by atoms with Gasteiger partial charge in [0, 0.05) is 27.7 Å². The van der Waals surface area contributed by atoms with E-state index in [1.807, 2.05) is 36.4 Å². The lowest BCUT2D eigenvalue weighted by molar-refractivity contribution is -0.339. The van der Waals surface area contributed by atoms with E-state index < -0.39 is 104 Å². The first kappa shape index (κ1) is 43.0. The average Bonchev–Trinajstić information content (AvgIpc) is 3.45. The van der Waals surface area contributed by atoms with Gasteiger partial charge in [-0.3, -0.25) is 33.7 Å². The van der Waals surface area contributed by atoms with Crippen LogP contribution in [-0.2, 0) is 70.3 Å². The summed E-state index contributed by atoms with van der Waals surface area (Å²) in [7, 11) is 0. The van der Waals surface area contributed by atoms with Crippen molar-refractivity contribution < 1.29 is 71.8 Å². The molecule has 17 heteroatoms. The largest absolute Gasteiger partial charge is 0.463 e. The number of esters is 3. The molecule has 0 spiro atoms. The van der Waals surface area contributed by atoms with Crippen molar-refractivity contribution in [1.82, 2.24) is 10.2 Å². The fourth-order valence-corrected chi connectivity index (χ4v) is 7.34. The van der Waals surface area contributed by atoms with Crippen LogP contribution in [0.15, 0.2) is 84.9 Å². The summed E-state index contributed by atoms with van der Waals surface area (Å²) >= 11 is 0. The van der Waals surface area contributed by atoms with Crippen molar-refractivity contribution in [2.24, 2.45) is 0 Å². The predicted molar refractivity (Wildman–Crippen MR) is 202 cm³/mol. The maximum atomic E-state index is 14.2. The lowest BCUT2D eigenvalue weighted by Crippen LogP contribution is -2.70. The molecule has 17 nitrogen and oxygen atoms in total. The summed E-state index contributed by atoms with van der Waals surface area (Å²) in [5, 5.41) is 14.1. The fraction of sp³-hybridized carbons (Fsp3) is 0.429. The number of aliphatic hydroxyl groups excluding tert-OH is 1. The predicted octanol–water partition coefficient (Wildman–Crippen LogP) is 2.21. The Bertz CT molecular complexity index is 1950. The van der Waals surface area contributed by atoms with Crippen molar-refractivity contribution >= 4 is 35.6 Å². The number of carbonyl (C=O) groups excluding carboxylic acids is 6. The van der Waals surface area contributed by atoms with Gasteiger partial charge in [0.05, 0.1) is 30.9 Å². The molecule has 0 unspecified atom stereocenters. The van der Waals surface area contributed by atoms with E-state index in [9.17, 15) is 33.9 Å². The molecule has 2 N–H and O–H groups in total. The Hall–Kier alpha value is -5.56. The number of rotatable bonds is 15. The van der Waals surface area contributed by atoms with Crippen LogP contribution in [0.25, 0.3) is 0 Å². The van der Waals surface area contributed by atoms with Gasteiger partial charge >= 0.3 is 17.9 Å². The minimum absolute atomic E-state index is 0.0370. The molecule has 3 amide bonds. The number of fused-ring (bicyclic) bond motifs is 1. The molecule has 0 aliphatic carbocycles. The first-order valence-corrected chi connectivity index (χ1v) is 19.0. The highest BCUT2D eigenvalue weighted by molar-refractivity contribution is 6.21. The van der Waals surface area contributed by atoms with Gasteiger partial charge in [-0.25, -0.2) is 0 Å². The van der Waals surface area contributed by atoms with Gasteiger partial charge in [0.2, 0.25) is 5.91 Å². The molecule has 3 heterocycles. The Kier molecular flexibility index (Phi) is 14.2. The molecule has 0 saturated carbocycles. The van der Waals surface area contributed by atoms with Crippen LogP contribution in [0, 0.1) is 0 Å². The lowest BCUT2D eigenvalue weighted by atomic mass is 9.93. The number of amides is 3. The molecular weight excluding hydrogens is 772 g/mol. The molecule has 2 saturated heterocycles. The first-order chi connectivity index (χ1) is 28.3. The maximum absolute atomic E-state index is 14.2. The minimum atomic E-state index is -1.77. The normalized spacial score (nSPS) is 27.7. The second kappa shape index (κ2) is 19.5. The molecule has 0 radical (unpaired) electrons. The summed E-state index contributed by atoms with van der Waals surface area (Å²) in [6.45, 7) is 3.86. The van der Waals surface area contributed by atoms with Gasteiger partial charge in [0.25, 0.3) is 11.8 Å². The molecule has 3 aromatic rings. The lowest BCUT2D eigenvalue weighted by Gasteiger charge is -2.50. The topological polar surface area (TPSA) is 212 Å². The number of imide groups is 1. The number of carbonyl (C=O) groups is 6. The number of ether oxygens (including phenoxy) is 8. The third-order valence-electron chi connectivity index (χ3n) is 9.80. The highest BCUT2D eigenvalue weighted by atomic mass is 16.7. The summed E-state index contributed by atoms with van der Waals surface area (Å²) in [6, 6.07) is 21.4. The molecule has 0 aromatic heterocycles. The van der Waals surface area contributed by atoms with Crippen LogP contribution in [0.4, 0.5) is 0 Å². The van der Waals surface area contributed by atoms with Crippen LogP contribution in [0.5, 0.6) is 0 Å². The van der Waals surface area contributed by atoms with E-state index in [1.165, 1.54) is 19.1 Å². The second-order valence-corrected chi connectivity index (χ2v) is 14.2. The van der Waals surface area contributed by atoms with E-state index in [0.717, 1.165) is 36.8 Å². The van der Waals surface area contributed by atoms with E-state index in [4.69, 9.17) is 37.9 Å². The second-order valence-electron chi connectivity index (χ2n) is 14.2. The highest BCUT2D eigenvalue weighted by Gasteiger charge is 2.59. The monoisotopic (exact) mass is 818 g/mol.